The summed E-state index contributed by atoms with van der Waals surface area (Å²) in [5, 5.41) is 0. The number of hydrogen-bond acceptors (Lipinski definition) is 6. The van der Waals surface area contributed by atoms with E-state index in [-0.39, 0.29) is 41.0 Å². The Morgan fingerprint density at radius 3 is 2.62 bits per heavy atom. The van der Waals surface area contributed by atoms with Gasteiger partial charge in [-0.25, -0.2) is 4.98 Å². The SMILES string of the molecule is CN(C)CCN=C1CC(=O)c2nc(-c3ccc(Br)cc3)oc2C1=O. The molecule has 2 aromatic rings. The predicted molar refractivity (Wildman–Crippen MR) is 93.8 cm³/mol. The molecule has 0 aliphatic heterocycles. The number of benzene rings is 1. The van der Waals surface area contributed by atoms with E-state index >= 15 is 0 Å². The molecule has 1 aliphatic rings. The number of carbonyl (C=O) groups is 2. The van der Waals surface area contributed by atoms with E-state index in [4.69, 9.17) is 4.42 Å². The van der Waals surface area contributed by atoms with Crippen molar-refractivity contribution in [3.8, 4) is 11.5 Å². The first-order valence-electron chi connectivity index (χ1n) is 7.48. The van der Waals surface area contributed by atoms with Gasteiger partial charge in [-0.3, -0.25) is 14.6 Å². The maximum Gasteiger partial charge on any atom is 0.244 e. The van der Waals surface area contributed by atoms with E-state index in [1.54, 1.807) is 0 Å². The predicted octanol–water partition coefficient (Wildman–Crippen LogP) is 2.88. The number of ketones is 2. The van der Waals surface area contributed by atoms with Gasteiger partial charge in [-0.1, -0.05) is 15.9 Å². The van der Waals surface area contributed by atoms with E-state index in [1.807, 2.05) is 43.3 Å². The number of likely N-dealkylation sites (N-methyl/N-ethyl adjacent to an activating group) is 1. The molecule has 0 N–H and O–H groups in total. The van der Waals surface area contributed by atoms with Crippen molar-refractivity contribution in [1.29, 1.82) is 0 Å². The molecule has 0 spiro atoms. The second-order valence-corrected chi connectivity index (χ2v) is 6.68. The molecule has 6 nitrogen and oxygen atoms in total. The van der Waals surface area contributed by atoms with Crippen LogP contribution in [0.1, 0.15) is 27.5 Å². The highest BCUT2D eigenvalue weighted by atomic mass is 79.9. The molecule has 1 aromatic heterocycles. The molecule has 0 bridgehead atoms. The topological polar surface area (TPSA) is 75.8 Å². The van der Waals surface area contributed by atoms with Crippen LogP contribution in [0.4, 0.5) is 0 Å². The van der Waals surface area contributed by atoms with E-state index in [0.717, 1.165) is 4.47 Å². The average Bonchev–Trinajstić information content (AvgIpc) is 2.98. The Morgan fingerprint density at radius 2 is 1.96 bits per heavy atom. The van der Waals surface area contributed by atoms with Gasteiger partial charge in [0.1, 0.15) is 0 Å². The zero-order chi connectivity index (χ0) is 17.3. The third-order valence-corrected chi connectivity index (χ3v) is 4.16. The summed E-state index contributed by atoms with van der Waals surface area (Å²) in [6, 6.07) is 7.30. The Morgan fingerprint density at radius 1 is 1.25 bits per heavy atom. The molecule has 0 amide bonds. The van der Waals surface area contributed by atoms with Gasteiger partial charge in [0.25, 0.3) is 0 Å². The summed E-state index contributed by atoms with van der Waals surface area (Å²) in [7, 11) is 3.85. The summed E-state index contributed by atoms with van der Waals surface area (Å²) < 4.78 is 6.51. The molecule has 0 saturated heterocycles. The number of oxazole rings is 1. The highest BCUT2D eigenvalue weighted by Crippen LogP contribution is 2.27. The van der Waals surface area contributed by atoms with Gasteiger partial charge in [0.2, 0.25) is 17.4 Å². The number of aliphatic imine (C=N–C) groups is 1. The third kappa shape index (κ3) is 3.37. The molecule has 3 rings (SSSR count). The molecule has 1 heterocycles. The minimum atomic E-state index is -0.348. The Labute approximate surface area is 147 Å². The Hall–Kier alpha value is -2.12. The number of carbonyl (C=O) groups excluding carboxylic acids is 2. The fraction of sp³-hybridized carbons (Fsp3) is 0.294. The van der Waals surface area contributed by atoms with Gasteiger partial charge >= 0.3 is 0 Å². The molecule has 0 unspecified atom stereocenters. The van der Waals surface area contributed by atoms with Crippen LogP contribution in [0.25, 0.3) is 11.5 Å². The number of Topliss-reactive ketones (excluding diaryl/α,β-unsaturated/α-hetero) is 2. The van der Waals surface area contributed by atoms with Crippen LogP contribution in [-0.4, -0.2) is 54.3 Å². The fourth-order valence-corrected chi connectivity index (χ4v) is 2.60. The van der Waals surface area contributed by atoms with Crippen LogP contribution in [0, 0.1) is 0 Å². The highest BCUT2D eigenvalue weighted by molar-refractivity contribution is 9.10. The quantitative estimate of drug-likeness (QED) is 0.803. The molecule has 0 radical (unpaired) electrons. The van der Waals surface area contributed by atoms with Crippen molar-refractivity contribution in [2.45, 2.75) is 6.42 Å². The van der Waals surface area contributed by atoms with Crippen LogP contribution < -0.4 is 0 Å². The first-order chi connectivity index (χ1) is 11.5. The fourth-order valence-electron chi connectivity index (χ4n) is 2.34. The normalized spacial score (nSPS) is 16.1. The lowest BCUT2D eigenvalue weighted by Crippen LogP contribution is -2.27. The standard InChI is InChI=1S/C17H16BrN3O3/c1-21(2)8-7-19-12-9-13(22)14-16(15(12)23)24-17(20-14)10-3-5-11(18)6-4-10/h3-6H,7-9H2,1-2H3. The molecule has 0 saturated carbocycles. The van der Waals surface area contributed by atoms with E-state index in [2.05, 4.69) is 25.9 Å². The van der Waals surface area contributed by atoms with Gasteiger partial charge < -0.3 is 9.32 Å². The van der Waals surface area contributed by atoms with E-state index in [9.17, 15) is 9.59 Å². The van der Waals surface area contributed by atoms with Crippen molar-refractivity contribution in [2.24, 2.45) is 4.99 Å². The Kier molecular flexibility index (Phi) is 4.73. The van der Waals surface area contributed by atoms with Gasteiger partial charge in [0, 0.05) is 16.6 Å². The molecule has 0 fully saturated rings. The summed E-state index contributed by atoms with van der Waals surface area (Å²) >= 11 is 3.36. The minimum Gasteiger partial charge on any atom is -0.432 e. The van der Waals surface area contributed by atoms with Crippen LogP contribution in [0.3, 0.4) is 0 Å². The summed E-state index contributed by atoms with van der Waals surface area (Å²) in [4.78, 5) is 35.2. The summed E-state index contributed by atoms with van der Waals surface area (Å²) in [5.41, 5.74) is 1.05. The van der Waals surface area contributed by atoms with Crippen molar-refractivity contribution in [1.82, 2.24) is 9.88 Å². The van der Waals surface area contributed by atoms with Crippen LogP contribution >= 0.6 is 15.9 Å². The Balaban J connectivity index is 1.91. The number of halogens is 1. The number of nitrogens with zero attached hydrogens (tertiary/aromatic N) is 3. The lowest BCUT2D eigenvalue weighted by atomic mass is 9.97. The molecule has 7 heteroatoms. The first kappa shape index (κ1) is 16.7. The molecular weight excluding hydrogens is 374 g/mol. The summed E-state index contributed by atoms with van der Waals surface area (Å²) in [6.45, 7) is 1.17. The van der Waals surface area contributed by atoms with Crippen molar-refractivity contribution < 1.29 is 14.0 Å². The molecule has 0 atom stereocenters. The molecule has 1 aliphatic carbocycles. The number of rotatable bonds is 4. The molecule has 24 heavy (non-hydrogen) atoms. The van der Waals surface area contributed by atoms with Gasteiger partial charge in [0.05, 0.1) is 18.7 Å². The third-order valence-electron chi connectivity index (χ3n) is 3.63. The largest absolute Gasteiger partial charge is 0.432 e. The minimum absolute atomic E-state index is 0.00669. The second kappa shape index (κ2) is 6.78. The maximum absolute atomic E-state index is 12.5. The van der Waals surface area contributed by atoms with Gasteiger partial charge in [0.15, 0.2) is 11.5 Å². The number of fused-ring (bicyclic) bond motifs is 1. The zero-order valence-corrected chi connectivity index (χ0v) is 15.0. The monoisotopic (exact) mass is 389 g/mol. The van der Waals surface area contributed by atoms with Gasteiger partial charge in [-0.05, 0) is 38.4 Å². The Bertz CT molecular complexity index is 822. The van der Waals surface area contributed by atoms with Crippen molar-refractivity contribution >= 4 is 33.2 Å². The zero-order valence-electron chi connectivity index (χ0n) is 13.4. The van der Waals surface area contributed by atoms with Crippen molar-refractivity contribution in [3.05, 3.63) is 40.2 Å². The smallest absolute Gasteiger partial charge is 0.244 e. The van der Waals surface area contributed by atoms with Crippen LogP contribution in [-0.2, 0) is 0 Å². The molecule has 1 aromatic carbocycles. The lowest BCUT2D eigenvalue weighted by molar-refractivity contribution is 0.0949. The first-order valence-corrected chi connectivity index (χ1v) is 8.27. The number of aromatic nitrogens is 1. The van der Waals surface area contributed by atoms with Gasteiger partial charge in [-0.15, -0.1) is 0 Å². The maximum atomic E-state index is 12.5. The van der Waals surface area contributed by atoms with Crippen LogP contribution in [0.2, 0.25) is 0 Å². The molecule has 124 valence electrons. The lowest BCUT2D eigenvalue weighted by Gasteiger charge is -2.10. The van der Waals surface area contributed by atoms with Crippen molar-refractivity contribution in [3.63, 3.8) is 0 Å². The van der Waals surface area contributed by atoms with E-state index < -0.39 is 0 Å². The van der Waals surface area contributed by atoms with Crippen molar-refractivity contribution in [2.75, 3.05) is 27.2 Å². The van der Waals surface area contributed by atoms with E-state index in [1.165, 1.54) is 0 Å². The number of hydrogen-bond donors (Lipinski definition) is 0. The van der Waals surface area contributed by atoms with Crippen LogP contribution in [0.15, 0.2) is 38.1 Å². The van der Waals surface area contributed by atoms with Gasteiger partial charge in [-0.2, -0.15) is 0 Å². The molecular formula is C17H16BrN3O3. The second-order valence-electron chi connectivity index (χ2n) is 5.76. The summed E-state index contributed by atoms with van der Waals surface area (Å²) in [6.07, 6.45) is -0.0222. The average molecular weight is 390 g/mol. The highest BCUT2D eigenvalue weighted by Gasteiger charge is 2.35. The van der Waals surface area contributed by atoms with Crippen LogP contribution in [0.5, 0.6) is 0 Å². The summed E-state index contributed by atoms with van der Waals surface area (Å²) in [5.74, 6) is -0.323. The van der Waals surface area contributed by atoms with E-state index in [0.29, 0.717) is 18.7 Å².